The van der Waals surface area contributed by atoms with E-state index in [0.717, 1.165) is 10.2 Å². The SMILES string of the molecule is CCOC(=O)C(C)(Nc1cccc(Br)c1)c1nccs1. The van der Waals surface area contributed by atoms with Gasteiger partial charge in [-0.15, -0.1) is 11.3 Å². The first kappa shape index (κ1) is 15.0. The Morgan fingerprint density at radius 1 is 1.55 bits per heavy atom. The van der Waals surface area contributed by atoms with Gasteiger partial charge < -0.3 is 10.1 Å². The molecule has 1 N–H and O–H groups in total. The lowest BCUT2D eigenvalue weighted by Gasteiger charge is -2.27. The van der Waals surface area contributed by atoms with Crippen LogP contribution in [0, 0.1) is 0 Å². The third-order valence-electron chi connectivity index (χ3n) is 2.76. The lowest BCUT2D eigenvalue weighted by Crippen LogP contribution is -2.41. The van der Waals surface area contributed by atoms with E-state index in [9.17, 15) is 4.79 Å². The van der Waals surface area contributed by atoms with Gasteiger partial charge in [-0.05, 0) is 32.0 Å². The molecule has 0 fully saturated rings. The first-order chi connectivity index (χ1) is 9.56. The van der Waals surface area contributed by atoms with Crippen molar-refractivity contribution in [1.82, 2.24) is 4.98 Å². The number of nitrogens with one attached hydrogen (secondary N) is 1. The van der Waals surface area contributed by atoms with Crippen molar-refractivity contribution >= 4 is 38.9 Å². The van der Waals surface area contributed by atoms with Crippen molar-refractivity contribution in [1.29, 1.82) is 0 Å². The van der Waals surface area contributed by atoms with E-state index in [1.165, 1.54) is 11.3 Å². The van der Waals surface area contributed by atoms with E-state index in [0.29, 0.717) is 11.6 Å². The average molecular weight is 355 g/mol. The number of hydrogen-bond acceptors (Lipinski definition) is 5. The van der Waals surface area contributed by atoms with Crippen molar-refractivity contribution in [3.8, 4) is 0 Å². The molecule has 1 aromatic carbocycles. The van der Waals surface area contributed by atoms with Crippen LogP contribution in [0.3, 0.4) is 0 Å². The topological polar surface area (TPSA) is 51.2 Å². The van der Waals surface area contributed by atoms with Gasteiger partial charge >= 0.3 is 5.97 Å². The zero-order valence-electron chi connectivity index (χ0n) is 11.2. The fourth-order valence-corrected chi connectivity index (χ4v) is 2.93. The molecule has 1 unspecified atom stereocenters. The Bertz CT molecular complexity index is 589. The number of aromatic nitrogens is 1. The number of esters is 1. The summed E-state index contributed by atoms with van der Waals surface area (Å²) in [4.78, 5) is 16.6. The number of hydrogen-bond donors (Lipinski definition) is 1. The minimum absolute atomic E-state index is 0.333. The summed E-state index contributed by atoms with van der Waals surface area (Å²) in [5.74, 6) is -0.338. The molecule has 1 heterocycles. The van der Waals surface area contributed by atoms with Crippen LogP contribution in [-0.4, -0.2) is 17.6 Å². The summed E-state index contributed by atoms with van der Waals surface area (Å²) in [6, 6.07) is 7.64. The van der Waals surface area contributed by atoms with Crippen LogP contribution in [0.4, 0.5) is 5.69 Å². The highest BCUT2D eigenvalue weighted by Crippen LogP contribution is 2.30. The van der Waals surface area contributed by atoms with Crippen LogP contribution in [0.5, 0.6) is 0 Å². The highest BCUT2D eigenvalue weighted by Gasteiger charge is 2.39. The number of benzene rings is 1. The number of carbonyl (C=O) groups is 1. The number of carbonyl (C=O) groups excluding carboxylic acids is 1. The largest absolute Gasteiger partial charge is 0.464 e. The summed E-state index contributed by atoms with van der Waals surface area (Å²) in [5.41, 5.74) is -0.171. The van der Waals surface area contributed by atoms with Crippen molar-refractivity contribution < 1.29 is 9.53 Å². The molecule has 6 heteroatoms. The van der Waals surface area contributed by atoms with Gasteiger partial charge in [-0.1, -0.05) is 22.0 Å². The van der Waals surface area contributed by atoms with Crippen molar-refractivity contribution in [3.63, 3.8) is 0 Å². The van der Waals surface area contributed by atoms with Crippen LogP contribution < -0.4 is 5.32 Å². The van der Waals surface area contributed by atoms with Gasteiger partial charge in [0.05, 0.1) is 6.61 Å². The Hall–Kier alpha value is -1.40. The fraction of sp³-hybridized carbons (Fsp3) is 0.286. The number of halogens is 1. The van der Waals surface area contributed by atoms with Crippen LogP contribution in [0.1, 0.15) is 18.9 Å². The van der Waals surface area contributed by atoms with Crippen LogP contribution in [0.25, 0.3) is 0 Å². The molecule has 106 valence electrons. The molecule has 1 aromatic heterocycles. The summed E-state index contributed by atoms with van der Waals surface area (Å²) in [6.07, 6.45) is 1.68. The molecule has 0 aliphatic heterocycles. The van der Waals surface area contributed by atoms with E-state index in [-0.39, 0.29) is 5.97 Å². The van der Waals surface area contributed by atoms with E-state index < -0.39 is 5.54 Å². The Morgan fingerprint density at radius 2 is 2.35 bits per heavy atom. The molecule has 4 nitrogen and oxygen atoms in total. The molecule has 2 rings (SSSR count). The van der Waals surface area contributed by atoms with Gasteiger partial charge in [0.2, 0.25) is 0 Å². The predicted molar refractivity (Wildman–Crippen MR) is 83.9 cm³/mol. The van der Waals surface area contributed by atoms with Gasteiger partial charge in [0.25, 0.3) is 0 Å². The second-order valence-corrected chi connectivity index (χ2v) is 6.13. The molecular weight excluding hydrogens is 340 g/mol. The second kappa shape index (κ2) is 6.37. The maximum Gasteiger partial charge on any atom is 0.338 e. The summed E-state index contributed by atoms with van der Waals surface area (Å²) in [6.45, 7) is 3.91. The van der Waals surface area contributed by atoms with Gasteiger partial charge in [-0.2, -0.15) is 0 Å². The average Bonchev–Trinajstić information content (AvgIpc) is 2.93. The Morgan fingerprint density at radius 3 is 2.95 bits per heavy atom. The Labute approximate surface area is 130 Å². The molecule has 0 aliphatic rings. The molecule has 0 saturated carbocycles. The highest BCUT2D eigenvalue weighted by atomic mass is 79.9. The molecule has 2 aromatic rings. The quantitative estimate of drug-likeness (QED) is 0.829. The Kier molecular flexibility index (Phi) is 4.77. The van der Waals surface area contributed by atoms with Crippen molar-refractivity contribution in [2.75, 3.05) is 11.9 Å². The fourth-order valence-electron chi connectivity index (χ4n) is 1.79. The molecule has 0 saturated heterocycles. The molecule has 0 radical (unpaired) electrons. The predicted octanol–water partition coefficient (Wildman–Crippen LogP) is 3.80. The molecule has 0 bridgehead atoms. The lowest BCUT2D eigenvalue weighted by atomic mass is 10.0. The number of nitrogens with zero attached hydrogens (tertiary/aromatic N) is 1. The van der Waals surface area contributed by atoms with Gasteiger partial charge in [-0.3, -0.25) is 0 Å². The molecule has 0 amide bonds. The monoisotopic (exact) mass is 354 g/mol. The van der Waals surface area contributed by atoms with Crippen LogP contribution in [0.15, 0.2) is 40.3 Å². The summed E-state index contributed by atoms with van der Waals surface area (Å²) in [7, 11) is 0. The van der Waals surface area contributed by atoms with E-state index >= 15 is 0 Å². The Balaban J connectivity index is 2.35. The number of anilines is 1. The zero-order valence-corrected chi connectivity index (χ0v) is 13.6. The van der Waals surface area contributed by atoms with Crippen molar-refractivity contribution in [2.45, 2.75) is 19.4 Å². The van der Waals surface area contributed by atoms with Crippen LogP contribution in [0.2, 0.25) is 0 Å². The minimum atomic E-state index is -0.995. The van der Waals surface area contributed by atoms with Gasteiger partial charge in [0.15, 0.2) is 5.54 Å². The lowest BCUT2D eigenvalue weighted by molar-refractivity contribution is -0.148. The third kappa shape index (κ3) is 3.19. The van der Waals surface area contributed by atoms with E-state index in [1.807, 2.05) is 29.6 Å². The first-order valence-electron chi connectivity index (χ1n) is 6.17. The molecule has 1 atom stereocenters. The maximum atomic E-state index is 12.3. The summed E-state index contributed by atoms with van der Waals surface area (Å²) >= 11 is 4.84. The molecule has 0 aliphatic carbocycles. The van der Waals surface area contributed by atoms with Crippen LogP contribution >= 0.6 is 27.3 Å². The van der Waals surface area contributed by atoms with Crippen molar-refractivity contribution in [2.24, 2.45) is 0 Å². The second-order valence-electron chi connectivity index (χ2n) is 4.32. The standard InChI is InChI=1S/C14H15BrN2O2S/c1-3-19-13(18)14(2,12-16-7-8-20-12)17-11-6-4-5-10(15)9-11/h4-9,17H,3H2,1-2H3. The maximum absolute atomic E-state index is 12.3. The number of ether oxygens (including phenoxy) is 1. The molecule has 20 heavy (non-hydrogen) atoms. The number of thiazole rings is 1. The minimum Gasteiger partial charge on any atom is -0.464 e. The third-order valence-corrected chi connectivity index (χ3v) is 4.25. The van der Waals surface area contributed by atoms with Gasteiger partial charge in [0.1, 0.15) is 5.01 Å². The van der Waals surface area contributed by atoms with E-state index in [4.69, 9.17) is 4.74 Å². The van der Waals surface area contributed by atoms with Gasteiger partial charge in [0, 0.05) is 21.7 Å². The van der Waals surface area contributed by atoms with Gasteiger partial charge in [-0.25, -0.2) is 9.78 Å². The van der Waals surface area contributed by atoms with Crippen LogP contribution in [-0.2, 0) is 15.1 Å². The molecular formula is C14H15BrN2O2S. The smallest absolute Gasteiger partial charge is 0.338 e. The summed E-state index contributed by atoms with van der Waals surface area (Å²) < 4.78 is 6.12. The number of rotatable bonds is 5. The highest BCUT2D eigenvalue weighted by molar-refractivity contribution is 9.10. The van der Waals surface area contributed by atoms with E-state index in [1.54, 1.807) is 20.0 Å². The first-order valence-corrected chi connectivity index (χ1v) is 7.84. The normalized spacial score (nSPS) is 13.6. The zero-order chi connectivity index (χ0) is 14.6. The molecule has 0 spiro atoms. The summed E-state index contributed by atoms with van der Waals surface area (Å²) in [5, 5.41) is 5.75. The van der Waals surface area contributed by atoms with E-state index in [2.05, 4.69) is 26.2 Å². The van der Waals surface area contributed by atoms with Crippen molar-refractivity contribution in [3.05, 3.63) is 45.3 Å².